The molecular formula is C12H15N3OS. The van der Waals surface area contributed by atoms with Gasteiger partial charge in [-0.1, -0.05) is 0 Å². The van der Waals surface area contributed by atoms with Gasteiger partial charge in [0.2, 0.25) is 0 Å². The SMILES string of the molecule is N#Cc1ccc(N)c(NC2CCS(=O)CC2)c1. The molecule has 0 unspecified atom stereocenters. The second-order valence-electron chi connectivity index (χ2n) is 4.18. The van der Waals surface area contributed by atoms with Gasteiger partial charge in [-0.2, -0.15) is 5.26 Å². The fraction of sp³-hybridized carbons (Fsp3) is 0.417. The summed E-state index contributed by atoms with van der Waals surface area (Å²) in [5, 5.41) is 12.2. The van der Waals surface area contributed by atoms with Crippen LogP contribution in [-0.4, -0.2) is 21.8 Å². The average Bonchev–Trinajstić information content (AvgIpc) is 2.35. The Balaban J connectivity index is 2.08. The van der Waals surface area contributed by atoms with E-state index in [0.717, 1.165) is 30.0 Å². The van der Waals surface area contributed by atoms with Crippen LogP contribution in [0.5, 0.6) is 0 Å². The fourth-order valence-corrected chi connectivity index (χ4v) is 3.21. The Labute approximate surface area is 103 Å². The van der Waals surface area contributed by atoms with Crippen molar-refractivity contribution in [2.45, 2.75) is 18.9 Å². The number of nitrogen functional groups attached to an aromatic ring is 1. The van der Waals surface area contributed by atoms with Gasteiger partial charge in [0.15, 0.2) is 0 Å². The molecule has 0 radical (unpaired) electrons. The molecule has 0 atom stereocenters. The van der Waals surface area contributed by atoms with Crippen LogP contribution in [0.2, 0.25) is 0 Å². The highest BCUT2D eigenvalue weighted by Crippen LogP contribution is 2.23. The Morgan fingerprint density at radius 3 is 2.76 bits per heavy atom. The third-order valence-corrected chi connectivity index (χ3v) is 4.31. The Morgan fingerprint density at radius 2 is 2.12 bits per heavy atom. The molecule has 1 heterocycles. The topological polar surface area (TPSA) is 78.9 Å². The van der Waals surface area contributed by atoms with E-state index < -0.39 is 10.8 Å². The minimum Gasteiger partial charge on any atom is -0.397 e. The van der Waals surface area contributed by atoms with E-state index in [-0.39, 0.29) is 0 Å². The monoisotopic (exact) mass is 249 g/mol. The minimum atomic E-state index is -0.654. The van der Waals surface area contributed by atoms with Crippen LogP contribution in [0.15, 0.2) is 18.2 Å². The first-order valence-corrected chi connectivity index (χ1v) is 7.09. The second kappa shape index (κ2) is 5.19. The van der Waals surface area contributed by atoms with Crippen molar-refractivity contribution in [2.75, 3.05) is 22.6 Å². The third-order valence-electron chi connectivity index (χ3n) is 2.93. The normalized spacial score (nSPS) is 23.9. The lowest BCUT2D eigenvalue weighted by atomic mass is 10.1. The molecule has 0 aliphatic carbocycles. The zero-order chi connectivity index (χ0) is 12.3. The third kappa shape index (κ3) is 2.98. The van der Waals surface area contributed by atoms with Crippen LogP contribution >= 0.6 is 0 Å². The molecule has 4 nitrogen and oxygen atoms in total. The molecule has 1 aliphatic heterocycles. The van der Waals surface area contributed by atoms with Crippen LogP contribution in [0.3, 0.4) is 0 Å². The molecule has 0 bridgehead atoms. The van der Waals surface area contributed by atoms with Crippen molar-refractivity contribution in [3.8, 4) is 6.07 Å². The van der Waals surface area contributed by atoms with Crippen molar-refractivity contribution in [2.24, 2.45) is 0 Å². The molecule has 1 aromatic rings. The molecule has 0 amide bonds. The van der Waals surface area contributed by atoms with Gasteiger partial charge in [0.25, 0.3) is 0 Å². The van der Waals surface area contributed by atoms with Crippen LogP contribution < -0.4 is 11.1 Å². The van der Waals surface area contributed by atoms with Gasteiger partial charge in [-0.3, -0.25) is 4.21 Å². The van der Waals surface area contributed by atoms with Gasteiger partial charge in [-0.05, 0) is 31.0 Å². The van der Waals surface area contributed by atoms with Gasteiger partial charge >= 0.3 is 0 Å². The van der Waals surface area contributed by atoms with Crippen LogP contribution in [0.1, 0.15) is 18.4 Å². The highest BCUT2D eigenvalue weighted by molar-refractivity contribution is 7.85. The van der Waals surface area contributed by atoms with E-state index in [1.807, 2.05) is 0 Å². The summed E-state index contributed by atoms with van der Waals surface area (Å²) in [6.45, 7) is 0. The van der Waals surface area contributed by atoms with E-state index in [1.165, 1.54) is 0 Å². The molecule has 2 rings (SSSR count). The van der Waals surface area contributed by atoms with Crippen LogP contribution in [0.25, 0.3) is 0 Å². The van der Waals surface area contributed by atoms with Crippen LogP contribution in [0.4, 0.5) is 11.4 Å². The summed E-state index contributed by atoms with van der Waals surface area (Å²) in [6.07, 6.45) is 1.78. The number of benzene rings is 1. The Kier molecular flexibility index (Phi) is 3.64. The molecule has 1 saturated heterocycles. The number of nitriles is 1. The number of rotatable bonds is 2. The molecule has 1 aliphatic rings. The minimum absolute atomic E-state index is 0.309. The number of nitrogens with one attached hydrogen (secondary N) is 1. The van der Waals surface area contributed by atoms with Crippen molar-refractivity contribution in [1.29, 1.82) is 5.26 Å². The fourth-order valence-electron chi connectivity index (χ4n) is 1.91. The molecular weight excluding hydrogens is 234 g/mol. The summed E-state index contributed by atoms with van der Waals surface area (Å²) in [5.41, 5.74) is 7.91. The van der Waals surface area contributed by atoms with E-state index in [0.29, 0.717) is 17.3 Å². The zero-order valence-electron chi connectivity index (χ0n) is 9.48. The standard InChI is InChI=1S/C12H15N3OS/c13-8-9-1-2-11(14)12(7-9)15-10-3-5-17(16)6-4-10/h1-2,7,10,15H,3-6,14H2. The van der Waals surface area contributed by atoms with Crippen molar-refractivity contribution in [3.63, 3.8) is 0 Å². The first-order valence-electron chi connectivity index (χ1n) is 5.60. The lowest BCUT2D eigenvalue weighted by Gasteiger charge is -2.24. The maximum absolute atomic E-state index is 11.2. The molecule has 0 saturated carbocycles. The van der Waals surface area contributed by atoms with Crippen LogP contribution in [-0.2, 0) is 10.8 Å². The molecule has 0 spiro atoms. The van der Waals surface area contributed by atoms with Gasteiger partial charge in [0.05, 0.1) is 23.0 Å². The van der Waals surface area contributed by atoms with E-state index in [9.17, 15) is 4.21 Å². The summed E-state index contributed by atoms with van der Waals surface area (Å²) in [7, 11) is -0.654. The van der Waals surface area contributed by atoms with Crippen LogP contribution in [0, 0.1) is 11.3 Å². The van der Waals surface area contributed by atoms with Crippen molar-refractivity contribution in [3.05, 3.63) is 23.8 Å². The van der Waals surface area contributed by atoms with Crippen molar-refractivity contribution < 1.29 is 4.21 Å². The quantitative estimate of drug-likeness (QED) is 0.778. The van der Waals surface area contributed by atoms with Gasteiger partial charge in [-0.15, -0.1) is 0 Å². The van der Waals surface area contributed by atoms with E-state index in [4.69, 9.17) is 11.0 Å². The van der Waals surface area contributed by atoms with E-state index in [1.54, 1.807) is 18.2 Å². The predicted octanol–water partition coefficient (Wildman–Crippen LogP) is 1.46. The number of anilines is 2. The van der Waals surface area contributed by atoms with Gasteiger partial charge in [0, 0.05) is 28.3 Å². The summed E-state index contributed by atoms with van der Waals surface area (Å²) in [4.78, 5) is 0. The zero-order valence-corrected chi connectivity index (χ0v) is 10.3. The summed E-state index contributed by atoms with van der Waals surface area (Å²) in [5.74, 6) is 1.49. The molecule has 0 aromatic heterocycles. The lowest BCUT2D eigenvalue weighted by Crippen LogP contribution is -2.29. The maximum atomic E-state index is 11.2. The van der Waals surface area contributed by atoms with Crippen molar-refractivity contribution in [1.82, 2.24) is 0 Å². The van der Waals surface area contributed by atoms with E-state index >= 15 is 0 Å². The molecule has 17 heavy (non-hydrogen) atoms. The van der Waals surface area contributed by atoms with Crippen molar-refractivity contribution >= 4 is 22.2 Å². The molecule has 1 fully saturated rings. The van der Waals surface area contributed by atoms with Gasteiger partial charge < -0.3 is 11.1 Å². The average molecular weight is 249 g/mol. The Hall–Kier alpha value is -1.54. The second-order valence-corrected chi connectivity index (χ2v) is 5.88. The lowest BCUT2D eigenvalue weighted by molar-refractivity contribution is 0.624. The molecule has 90 valence electrons. The number of hydrogen-bond donors (Lipinski definition) is 2. The molecule has 5 heteroatoms. The number of nitrogens with two attached hydrogens (primary N) is 1. The smallest absolute Gasteiger partial charge is 0.0992 e. The maximum Gasteiger partial charge on any atom is 0.0992 e. The van der Waals surface area contributed by atoms with Gasteiger partial charge in [-0.25, -0.2) is 0 Å². The first-order chi connectivity index (χ1) is 8.19. The largest absolute Gasteiger partial charge is 0.397 e. The highest BCUT2D eigenvalue weighted by atomic mass is 32.2. The molecule has 1 aromatic carbocycles. The van der Waals surface area contributed by atoms with E-state index in [2.05, 4.69) is 11.4 Å². The Morgan fingerprint density at radius 1 is 1.41 bits per heavy atom. The molecule has 3 N–H and O–H groups in total. The summed E-state index contributed by atoms with van der Waals surface area (Å²) >= 11 is 0. The first kappa shape index (κ1) is 11.9. The Bertz CT molecular complexity index is 471. The summed E-state index contributed by atoms with van der Waals surface area (Å²) < 4.78 is 11.2. The summed E-state index contributed by atoms with van der Waals surface area (Å²) in [6, 6.07) is 7.61. The predicted molar refractivity (Wildman–Crippen MR) is 70.1 cm³/mol. The van der Waals surface area contributed by atoms with Gasteiger partial charge in [0.1, 0.15) is 0 Å². The number of nitrogens with zero attached hydrogens (tertiary/aromatic N) is 1. The highest BCUT2D eigenvalue weighted by Gasteiger charge is 2.18. The number of hydrogen-bond acceptors (Lipinski definition) is 4.